The number of rotatable bonds is 3. The normalized spacial score (nSPS) is 18.2. The number of nitrogens with one attached hydrogen (secondary N) is 1. The van der Waals surface area contributed by atoms with E-state index in [1.54, 1.807) is 0 Å². The Morgan fingerprint density at radius 1 is 1.27 bits per heavy atom. The van der Waals surface area contributed by atoms with Crippen molar-refractivity contribution in [3.8, 4) is 0 Å². The highest BCUT2D eigenvalue weighted by Crippen LogP contribution is 2.37. The second kappa shape index (κ2) is 5.63. The van der Waals surface area contributed by atoms with Gasteiger partial charge in [-0.1, -0.05) is 28.1 Å². The molecule has 0 spiro atoms. The standard InChI is InChI=1S/C17H18BrN3O/c18-13-5-1-11(2-6-13)9-21-8-7-15-14(10-21)17(22)20-16(19-15)12-3-4-12/h1-2,5-6,12H,3-4,7-10H2,(H,19,20,22). The first-order valence-electron chi connectivity index (χ1n) is 7.78. The van der Waals surface area contributed by atoms with Gasteiger partial charge in [0.25, 0.3) is 5.56 Å². The summed E-state index contributed by atoms with van der Waals surface area (Å²) in [7, 11) is 0. The molecule has 1 N–H and O–H groups in total. The van der Waals surface area contributed by atoms with E-state index in [9.17, 15) is 4.79 Å². The molecule has 0 bridgehead atoms. The fourth-order valence-electron chi connectivity index (χ4n) is 3.03. The number of nitrogens with zero attached hydrogens (tertiary/aromatic N) is 2. The van der Waals surface area contributed by atoms with Gasteiger partial charge >= 0.3 is 0 Å². The maximum absolute atomic E-state index is 12.3. The number of hydrogen-bond acceptors (Lipinski definition) is 3. The zero-order valence-electron chi connectivity index (χ0n) is 12.3. The van der Waals surface area contributed by atoms with Crippen molar-refractivity contribution >= 4 is 15.9 Å². The number of benzene rings is 1. The number of aromatic amines is 1. The van der Waals surface area contributed by atoms with Gasteiger partial charge in [0.1, 0.15) is 5.82 Å². The van der Waals surface area contributed by atoms with Gasteiger partial charge in [-0.2, -0.15) is 0 Å². The molecular weight excluding hydrogens is 342 g/mol. The molecule has 1 aromatic heterocycles. The van der Waals surface area contributed by atoms with E-state index in [4.69, 9.17) is 4.98 Å². The molecule has 2 heterocycles. The van der Waals surface area contributed by atoms with Crippen molar-refractivity contribution in [3.63, 3.8) is 0 Å². The van der Waals surface area contributed by atoms with E-state index in [1.807, 2.05) is 0 Å². The molecule has 0 atom stereocenters. The van der Waals surface area contributed by atoms with Gasteiger partial charge in [-0.3, -0.25) is 9.69 Å². The number of hydrogen-bond donors (Lipinski definition) is 1. The Labute approximate surface area is 137 Å². The maximum Gasteiger partial charge on any atom is 0.255 e. The summed E-state index contributed by atoms with van der Waals surface area (Å²) < 4.78 is 1.09. The molecule has 22 heavy (non-hydrogen) atoms. The quantitative estimate of drug-likeness (QED) is 0.916. The zero-order valence-corrected chi connectivity index (χ0v) is 13.9. The van der Waals surface area contributed by atoms with E-state index in [0.29, 0.717) is 12.5 Å². The van der Waals surface area contributed by atoms with Gasteiger partial charge in [0.2, 0.25) is 0 Å². The van der Waals surface area contributed by atoms with Crippen LogP contribution in [0.1, 0.15) is 41.4 Å². The lowest BCUT2D eigenvalue weighted by molar-refractivity contribution is 0.241. The van der Waals surface area contributed by atoms with Crippen molar-refractivity contribution in [2.75, 3.05) is 6.54 Å². The fourth-order valence-corrected chi connectivity index (χ4v) is 3.30. The van der Waals surface area contributed by atoms with Gasteiger partial charge in [0, 0.05) is 36.4 Å². The molecule has 1 aromatic carbocycles. The zero-order chi connectivity index (χ0) is 15.1. The minimum atomic E-state index is 0.0624. The molecule has 114 valence electrons. The van der Waals surface area contributed by atoms with Gasteiger partial charge in [0.05, 0.1) is 11.3 Å². The molecule has 0 unspecified atom stereocenters. The molecule has 0 radical (unpaired) electrons. The summed E-state index contributed by atoms with van der Waals surface area (Å²) in [5, 5.41) is 0. The van der Waals surface area contributed by atoms with Crippen LogP contribution in [0.3, 0.4) is 0 Å². The lowest BCUT2D eigenvalue weighted by Crippen LogP contribution is -2.35. The second-order valence-electron chi connectivity index (χ2n) is 6.24. The average Bonchev–Trinajstić information content (AvgIpc) is 3.35. The fraction of sp³-hybridized carbons (Fsp3) is 0.412. The summed E-state index contributed by atoms with van der Waals surface area (Å²) in [5.41, 5.74) is 3.20. The van der Waals surface area contributed by atoms with Crippen LogP contribution in [-0.2, 0) is 19.5 Å². The lowest BCUT2D eigenvalue weighted by Gasteiger charge is -2.27. The Balaban J connectivity index is 1.53. The molecule has 2 aliphatic rings. The smallest absolute Gasteiger partial charge is 0.255 e. The topological polar surface area (TPSA) is 49.0 Å². The molecule has 1 fully saturated rings. The van der Waals surface area contributed by atoms with Gasteiger partial charge in [-0.15, -0.1) is 0 Å². The molecule has 0 saturated heterocycles. The highest BCUT2D eigenvalue weighted by atomic mass is 79.9. The van der Waals surface area contributed by atoms with E-state index in [0.717, 1.165) is 53.9 Å². The van der Waals surface area contributed by atoms with Crippen LogP contribution in [-0.4, -0.2) is 21.4 Å². The molecule has 1 aliphatic heterocycles. The van der Waals surface area contributed by atoms with Crippen molar-refractivity contribution < 1.29 is 0 Å². The molecule has 1 saturated carbocycles. The van der Waals surface area contributed by atoms with Crippen LogP contribution in [0, 0.1) is 0 Å². The van der Waals surface area contributed by atoms with Crippen molar-refractivity contribution in [3.05, 3.63) is 61.7 Å². The van der Waals surface area contributed by atoms with Crippen LogP contribution >= 0.6 is 15.9 Å². The highest BCUT2D eigenvalue weighted by molar-refractivity contribution is 9.10. The van der Waals surface area contributed by atoms with Crippen molar-refractivity contribution in [2.24, 2.45) is 0 Å². The maximum atomic E-state index is 12.3. The van der Waals surface area contributed by atoms with E-state index in [2.05, 4.69) is 50.1 Å². The Hall–Kier alpha value is -1.46. The van der Waals surface area contributed by atoms with Crippen LogP contribution in [0.4, 0.5) is 0 Å². The van der Waals surface area contributed by atoms with Gasteiger partial charge in [-0.25, -0.2) is 4.98 Å². The third-order valence-corrected chi connectivity index (χ3v) is 4.98. The summed E-state index contributed by atoms with van der Waals surface area (Å²) >= 11 is 3.46. The Bertz CT molecular complexity index is 749. The number of aromatic nitrogens is 2. The number of H-pyrrole nitrogens is 1. The van der Waals surface area contributed by atoms with E-state index in [-0.39, 0.29) is 5.56 Å². The van der Waals surface area contributed by atoms with Crippen LogP contribution in [0.5, 0.6) is 0 Å². The molecule has 4 nitrogen and oxygen atoms in total. The Kier molecular flexibility index (Phi) is 3.62. The van der Waals surface area contributed by atoms with Crippen LogP contribution < -0.4 is 5.56 Å². The minimum Gasteiger partial charge on any atom is -0.310 e. The van der Waals surface area contributed by atoms with Crippen molar-refractivity contribution in [1.29, 1.82) is 0 Å². The summed E-state index contributed by atoms with van der Waals surface area (Å²) in [6, 6.07) is 8.36. The first-order chi connectivity index (χ1) is 10.7. The van der Waals surface area contributed by atoms with Gasteiger partial charge in [0.15, 0.2) is 0 Å². The molecule has 2 aromatic rings. The molecule has 5 heteroatoms. The largest absolute Gasteiger partial charge is 0.310 e. The summed E-state index contributed by atoms with van der Waals surface area (Å²) in [5.74, 6) is 1.41. The van der Waals surface area contributed by atoms with Gasteiger partial charge < -0.3 is 4.98 Å². The first-order valence-corrected chi connectivity index (χ1v) is 8.57. The van der Waals surface area contributed by atoms with E-state index >= 15 is 0 Å². The van der Waals surface area contributed by atoms with Crippen LogP contribution in [0.25, 0.3) is 0 Å². The molecule has 1 aliphatic carbocycles. The minimum absolute atomic E-state index is 0.0624. The van der Waals surface area contributed by atoms with Crippen molar-refractivity contribution in [1.82, 2.24) is 14.9 Å². The predicted molar refractivity (Wildman–Crippen MR) is 88.8 cm³/mol. The highest BCUT2D eigenvalue weighted by Gasteiger charge is 2.29. The summed E-state index contributed by atoms with van der Waals surface area (Å²) in [6.45, 7) is 2.53. The monoisotopic (exact) mass is 359 g/mol. The van der Waals surface area contributed by atoms with Crippen LogP contribution in [0.15, 0.2) is 33.5 Å². The summed E-state index contributed by atoms with van der Waals surface area (Å²) in [6.07, 6.45) is 3.20. The third kappa shape index (κ3) is 2.88. The Morgan fingerprint density at radius 2 is 2.05 bits per heavy atom. The third-order valence-electron chi connectivity index (χ3n) is 4.45. The SMILES string of the molecule is O=c1[nH]c(C2CC2)nc2c1CN(Cc1ccc(Br)cc1)CC2. The predicted octanol–water partition coefficient (Wildman–Crippen LogP) is 2.97. The second-order valence-corrected chi connectivity index (χ2v) is 7.15. The Morgan fingerprint density at radius 3 is 2.77 bits per heavy atom. The molecule has 0 amide bonds. The van der Waals surface area contributed by atoms with Gasteiger partial charge in [-0.05, 0) is 30.5 Å². The number of fused-ring (bicyclic) bond motifs is 1. The van der Waals surface area contributed by atoms with E-state index in [1.165, 1.54) is 5.56 Å². The van der Waals surface area contributed by atoms with Crippen molar-refractivity contribution in [2.45, 2.75) is 38.3 Å². The molecular formula is C17H18BrN3O. The molecule has 4 rings (SSSR count). The van der Waals surface area contributed by atoms with E-state index < -0.39 is 0 Å². The number of halogens is 1. The summed E-state index contributed by atoms with van der Waals surface area (Å²) in [4.78, 5) is 22.3. The first kappa shape index (κ1) is 14.2. The average molecular weight is 360 g/mol. The lowest BCUT2D eigenvalue weighted by atomic mass is 10.1. The van der Waals surface area contributed by atoms with Crippen LogP contribution in [0.2, 0.25) is 0 Å².